The number of nitrogens with zero attached hydrogens (tertiary/aromatic N) is 2. The molecule has 1 aliphatic heterocycles. The summed E-state index contributed by atoms with van der Waals surface area (Å²) in [4.78, 5) is 12.9. The van der Waals surface area contributed by atoms with Crippen LogP contribution in [0.4, 0.5) is 11.4 Å². The van der Waals surface area contributed by atoms with Crippen molar-refractivity contribution in [3.63, 3.8) is 0 Å². The molecule has 2 rings (SSSR count). The van der Waals surface area contributed by atoms with Crippen LogP contribution in [0.2, 0.25) is 0 Å². The van der Waals surface area contributed by atoms with Crippen molar-refractivity contribution in [2.45, 2.75) is 33.3 Å². The SMILES string of the molecule is CC(C)C1CCN(c2ccc(CO)cc2[N+](=O)[O-])CC1. The molecule has 0 radical (unpaired) electrons. The first-order valence-corrected chi connectivity index (χ1v) is 7.16. The molecule has 0 amide bonds. The van der Waals surface area contributed by atoms with Gasteiger partial charge in [-0.05, 0) is 36.3 Å². The number of hydrogen-bond acceptors (Lipinski definition) is 4. The van der Waals surface area contributed by atoms with Gasteiger partial charge in [0.15, 0.2) is 0 Å². The maximum absolute atomic E-state index is 11.2. The van der Waals surface area contributed by atoms with Gasteiger partial charge < -0.3 is 10.0 Å². The Balaban J connectivity index is 2.19. The molecule has 0 atom stereocenters. The second-order valence-electron chi connectivity index (χ2n) is 5.81. The molecular weight excluding hydrogens is 256 g/mol. The summed E-state index contributed by atoms with van der Waals surface area (Å²) in [6, 6.07) is 5.00. The first kappa shape index (κ1) is 14.8. The smallest absolute Gasteiger partial charge is 0.292 e. The molecule has 1 aromatic rings. The molecule has 20 heavy (non-hydrogen) atoms. The van der Waals surface area contributed by atoms with Gasteiger partial charge in [-0.25, -0.2) is 0 Å². The number of nitro benzene ring substituents is 1. The first-order chi connectivity index (χ1) is 9.52. The van der Waals surface area contributed by atoms with Crippen LogP contribution in [0.25, 0.3) is 0 Å². The van der Waals surface area contributed by atoms with E-state index in [2.05, 4.69) is 18.7 Å². The fraction of sp³-hybridized carbons (Fsp3) is 0.600. The van der Waals surface area contributed by atoms with E-state index in [9.17, 15) is 10.1 Å². The number of aliphatic hydroxyl groups excluding tert-OH is 1. The van der Waals surface area contributed by atoms with Crippen LogP contribution in [0.5, 0.6) is 0 Å². The molecule has 0 spiro atoms. The van der Waals surface area contributed by atoms with E-state index >= 15 is 0 Å². The van der Waals surface area contributed by atoms with Gasteiger partial charge in [0.05, 0.1) is 11.5 Å². The fourth-order valence-corrected chi connectivity index (χ4v) is 2.89. The van der Waals surface area contributed by atoms with Crippen molar-refractivity contribution >= 4 is 11.4 Å². The van der Waals surface area contributed by atoms with Crippen molar-refractivity contribution in [2.24, 2.45) is 11.8 Å². The molecule has 0 aromatic heterocycles. The summed E-state index contributed by atoms with van der Waals surface area (Å²) in [6.07, 6.45) is 2.16. The molecule has 110 valence electrons. The highest BCUT2D eigenvalue weighted by atomic mass is 16.6. The third-order valence-electron chi connectivity index (χ3n) is 4.24. The number of rotatable bonds is 4. The quantitative estimate of drug-likeness (QED) is 0.679. The average molecular weight is 278 g/mol. The van der Waals surface area contributed by atoms with Crippen LogP contribution >= 0.6 is 0 Å². The summed E-state index contributed by atoms with van der Waals surface area (Å²) < 4.78 is 0. The lowest BCUT2D eigenvalue weighted by Gasteiger charge is -2.35. The minimum Gasteiger partial charge on any atom is -0.392 e. The van der Waals surface area contributed by atoms with Crippen LogP contribution < -0.4 is 4.90 Å². The zero-order valence-corrected chi connectivity index (χ0v) is 12.1. The number of hydrogen-bond donors (Lipinski definition) is 1. The van der Waals surface area contributed by atoms with Gasteiger partial charge >= 0.3 is 0 Å². The Kier molecular flexibility index (Phi) is 4.60. The number of nitro groups is 1. The van der Waals surface area contributed by atoms with Gasteiger partial charge in [-0.1, -0.05) is 19.9 Å². The Hall–Kier alpha value is -1.62. The summed E-state index contributed by atoms with van der Waals surface area (Å²) in [6.45, 7) is 6.03. The Morgan fingerprint density at radius 1 is 1.40 bits per heavy atom. The van der Waals surface area contributed by atoms with Gasteiger partial charge in [0.25, 0.3) is 5.69 Å². The summed E-state index contributed by atoms with van der Waals surface area (Å²) in [5, 5.41) is 20.3. The topological polar surface area (TPSA) is 66.6 Å². The molecular formula is C15H22N2O3. The van der Waals surface area contributed by atoms with Crippen LogP contribution in [0, 0.1) is 22.0 Å². The highest BCUT2D eigenvalue weighted by Crippen LogP contribution is 2.33. The summed E-state index contributed by atoms with van der Waals surface area (Å²) >= 11 is 0. The van der Waals surface area contributed by atoms with Crippen molar-refractivity contribution in [2.75, 3.05) is 18.0 Å². The van der Waals surface area contributed by atoms with Gasteiger partial charge in [-0.2, -0.15) is 0 Å². The molecule has 1 fully saturated rings. The predicted molar refractivity (Wildman–Crippen MR) is 78.8 cm³/mol. The van der Waals surface area contributed by atoms with E-state index in [4.69, 9.17) is 5.11 Å². The molecule has 1 saturated heterocycles. The molecule has 1 aliphatic rings. The van der Waals surface area contributed by atoms with Crippen LogP contribution in [0.1, 0.15) is 32.3 Å². The molecule has 0 aliphatic carbocycles. The lowest BCUT2D eigenvalue weighted by molar-refractivity contribution is -0.384. The van der Waals surface area contributed by atoms with Gasteiger partial charge in [0, 0.05) is 19.2 Å². The van der Waals surface area contributed by atoms with Crippen molar-refractivity contribution in [1.29, 1.82) is 0 Å². The van der Waals surface area contributed by atoms with Crippen molar-refractivity contribution in [3.05, 3.63) is 33.9 Å². The minimum atomic E-state index is -0.358. The van der Waals surface area contributed by atoms with Crippen LogP contribution in [0.15, 0.2) is 18.2 Å². The summed E-state index contributed by atoms with van der Waals surface area (Å²) in [5.41, 5.74) is 1.35. The van der Waals surface area contributed by atoms with Crippen molar-refractivity contribution in [1.82, 2.24) is 0 Å². The van der Waals surface area contributed by atoms with E-state index in [1.54, 1.807) is 12.1 Å². The molecule has 1 aromatic carbocycles. The summed E-state index contributed by atoms with van der Waals surface area (Å²) in [7, 11) is 0. The molecule has 5 heteroatoms. The first-order valence-electron chi connectivity index (χ1n) is 7.16. The van der Waals surface area contributed by atoms with E-state index < -0.39 is 0 Å². The number of benzene rings is 1. The number of anilines is 1. The maximum atomic E-state index is 11.2. The second kappa shape index (κ2) is 6.22. The van der Waals surface area contributed by atoms with Gasteiger partial charge in [-0.15, -0.1) is 0 Å². The van der Waals surface area contributed by atoms with Crippen LogP contribution in [-0.2, 0) is 6.61 Å². The van der Waals surface area contributed by atoms with Crippen LogP contribution in [0.3, 0.4) is 0 Å². The van der Waals surface area contributed by atoms with E-state index in [1.165, 1.54) is 6.07 Å². The molecule has 1 heterocycles. The van der Waals surface area contributed by atoms with Crippen molar-refractivity contribution < 1.29 is 10.0 Å². The van der Waals surface area contributed by atoms with E-state index in [0.29, 0.717) is 23.1 Å². The number of aliphatic hydroxyl groups is 1. The average Bonchev–Trinajstić information content (AvgIpc) is 2.46. The highest BCUT2D eigenvalue weighted by Gasteiger charge is 2.26. The fourth-order valence-electron chi connectivity index (χ4n) is 2.89. The Morgan fingerprint density at radius 3 is 2.55 bits per heavy atom. The number of piperidine rings is 1. The molecule has 0 saturated carbocycles. The summed E-state index contributed by atoms with van der Waals surface area (Å²) in [5.74, 6) is 1.38. The molecule has 1 N–H and O–H groups in total. The molecule has 0 bridgehead atoms. The normalized spacial score (nSPS) is 16.7. The highest BCUT2D eigenvalue weighted by molar-refractivity contribution is 5.64. The monoisotopic (exact) mass is 278 g/mol. The van der Waals surface area contributed by atoms with Crippen molar-refractivity contribution in [3.8, 4) is 0 Å². The largest absolute Gasteiger partial charge is 0.392 e. The third kappa shape index (κ3) is 3.10. The van der Waals surface area contributed by atoms with Gasteiger partial charge in [0.1, 0.15) is 5.69 Å². The lowest BCUT2D eigenvalue weighted by atomic mass is 9.86. The second-order valence-corrected chi connectivity index (χ2v) is 5.81. The third-order valence-corrected chi connectivity index (χ3v) is 4.24. The molecule has 0 unspecified atom stereocenters. The lowest BCUT2D eigenvalue weighted by Crippen LogP contribution is -2.35. The van der Waals surface area contributed by atoms with E-state index in [1.807, 2.05) is 0 Å². The Bertz CT molecular complexity index is 480. The van der Waals surface area contributed by atoms with E-state index in [-0.39, 0.29) is 17.2 Å². The predicted octanol–water partition coefficient (Wildman–Crippen LogP) is 2.96. The van der Waals surface area contributed by atoms with Gasteiger partial charge in [0.2, 0.25) is 0 Å². The molecule has 5 nitrogen and oxygen atoms in total. The Labute approximate surface area is 119 Å². The van der Waals surface area contributed by atoms with Crippen LogP contribution in [-0.4, -0.2) is 23.1 Å². The standard InChI is InChI=1S/C15H22N2O3/c1-11(2)13-5-7-16(8-6-13)14-4-3-12(10-18)9-15(14)17(19)20/h3-4,9,11,13,18H,5-8,10H2,1-2H3. The minimum absolute atomic E-state index is 0.0968. The van der Waals surface area contributed by atoms with Gasteiger partial charge in [-0.3, -0.25) is 10.1 Å². The van der Waals surface area contributed by atoms with E-state index in [0.717, 1.165) is 25.9 Å². The maximum Gasteiger partial charge on any atom is 0.292 e. The zero-order valence-electron chi connectivity index (χ0n) is 12.1. The zero-order chi connectivity index (χ0) is 14.7. The Morgan fingerprint density at radius 2 is 2.05 bits per heavy atom.